The molecule has 1 unspecified atom stereocenters. The molecule has 0 bridgehead atoms. The number of benzene rings is 2. The minimum absolute atomic E-state index is 0.203. The van der Waals surface area contributed by atoms with Crippen LogP contribution in [0.1, 0.15) is 37.3 Å². The van der Waals surface area contributed by atoms with Crippen molar-refractivity contribution in [3.63, 3.8) is 0 Å². The second kappa shape index (κ2) is 9.06. The zero-order valence-electron chi connectivity index (χ0n) is 17.8. The Morgan fingerprint density at radius 3 is 2.65 bits per heavy atom. The van der Waals surface area contributed by atoms with Gasteiger partial charge in [-0.25, -0.2) is 13.4 Å². The van der Waals surface area contributed by atoms with Crippen molar-refractivity contribution in [3.8, 4) is 0 Å². The SMILES string of the molecule is CCc1cccc2sc(N(Cc3ccccc3)C(=O)C3CCCCN3S(C)(=O)=O)nc12. The van der Waals surface area contributed by atoms with Gasteiger partial charge in [0.15, 0.2) is 5.13 Å². The van der Waals surface area contributed by atoms with Crippen molar-refractivity contribution in [3.05, 3.63) is 59.7 Å². The highest BCUT2D eigenvalue weighted by Crippen LogP contribution is 2.33. The highest BCUT2D eigenvalue weighted by Gasteiger charge is 2.38. The number of thiazole rings is 1. The molecule has 1 fully saturated rings. The van der Waals surface area contributed by atoms with Gasteiger partial charge in [0.2, 0.25) is 15.9 Å². The highest BCUT2D eigenvalue weighted by molar-refractivity contribution is 7.88. The molecule has 0 spiro atoms. The molecule has 164 valence electrons. The Balaban J connectivity index is 1.76. The number of anilines is 1. The van der Waals surface area contributed by atoms with E-state index in [4.69, 9.17) is 4.98 Å². The van der Waals surface area contributed by atoms with Gasteiger partial charge >= 0.3 is 0 Å². The summed E-state index contributed by atoms with van der Waals surface area (Å²) < 4.78 is 27.2. The van der Waals surface area contributed by atoms with Crippen LogP contribution < -0.4 is 4.90 Å². The van der Waals surface area contributed by atoms with Gasteiger partial charge in [0.25, 0.3) is 0 Å². The van der Waals surface area contributed by atoms with Gasteiger partial charge < -0.3 is 0 Å². The third-order valence-electron chi connectivity index (χ3n) is 5.72. The first-order valence-corrected chi connectivity index (χ1v) is 13.3. The fourth-order valence-electron chi connectivity index (χ4n) is 4.13. The number of rotatable bonds is 6. The second-order valence-electron chi connectivity index (χ2n) is 7.91. The summed E-state index contributed by atoms with van der Waals surface area (Å²) in [5.74, 6) is -0.203. The van der Waals surface area contributed by atoms with E-state index < -0.39 is 16.1 Å². The molecule has 1 saturated heterocycles. The highest BCUT2D eigenvalue weighted by atomic mass is 32.2. The summed E-state index contributed by atoms with van der Waals surface area (Å²) in [4.78, 5) is 20.3. The van der Waals surface area contributed by atoms with Crippen molar-refractivity contribution in [2.24, 2.45) is 0 Å². The molecule has 31 heavy (non-hydrogen) atoms. The number of nitrogens with zero attached hydrogens (tertiary/aromatic N) is 3. The van der Waals surface area contributed by atoms with Crippen LogP contribution in [0.15, 0.2) is 48.5 Å². The van der Waals surface area contributed by atoms with Crippen LogP contribution in [-0.4, -0.2) is 42.5 Å². The summed E-state index contributed by atoms with van der Waals surface area (Å²) in [6.45, 7) is 2.83. The Kier molecular flexibility index (Phi) is 6.41. The molecule has 1 aromatic heterocycles. The lowest BCUT2D eigenvalue weighted by atomic mass is 10.0. The summed E-state index contributed by atoms with van der Waals surface area (Å²) in [5.41, 5.74) is 3.04. The summed E-state index contributed by atoms with van der Waals surface area (Å²) >= 11 is 1.48. The first-order chi connectivity index (χ1) is 14.9. The van der Waals surface area contributed by atoms with Gasteiger partial charge in [-0.1, -0.05) is 67.1 Å². The van der Waals surface area contributed by atoms with Gasteiger partial charge in [-0.2, -0.15) is 4.31 Å². The van der Waals surface area contributed by atoms with E-state index in [1.807, 2.05) is 42.5 Å². The monoisotopic (exact) mass is 457 g/mol. The number of amides is 1. The molecule has 1 amide bonds. The van der Waals surface area contributed by atoms with Crippen LogP contribution in [0.2, 0.25) is 0 Å². The molecule has 1 atom stereocenters. The number of aryl methyl sites for hydroxylation is 1. The number of aromatic nitrogens is 1. The van der Waals surface area contributed by atoms with Crippen LogP contribution in [0, 0.1) is 0 Å². The van der Waals surface area contributed by atoms with Gasteiger partial charge in [-0.3, -0.25) is 9.69 Å². The number of carbonyl (C=O) groups excluding carboxylic acids is 1. The van der Waals surface area contributed by atoms with Crippen molar-refractivity contribution in [1.29, 1.82) is 0 Å². The topological polar surface area (TPSA) is 70.6 Å². The van der Waals surface area contributed by atoms with Gasteiger partial charge in [0.1, 0.15) is 6.04 Å². The number of fused-ring (bicyclic) bond motifs is 1. The largest absolute Gasteiger partial charge is 0.282 e. The van der Waals surface area contributed by atoms with Crippen molar-refractivity contribution < 1.29 is 13.2 Å². The van der Waals surface area contributed by atoms with E-state index in [1.54, 1.807) is 4.90 Å². The van der Waals surface area contributed by atoms with E-state index in [0.717, 1.165) is 40.6 Å². The number of sulfonamides is 1. The van der Waals surface area contributed by atoms with E-state index in [2.05, 4.69) is 13.0 Å². The molecule has 2 aromatic carbocycles. The fourth-order valence-corrected chi connectivity index (χ4v) is 6.27. The van der Waals surface area contributed by atoms with Gasteiger partial charge in [0, 0.05) is 6.54 Å². The van der Waals surface area contributed by atoms with E-state index in [0.29, 0.717) is 24.6 Å². The fraction of sp³-hybridized carbons (Fsp3) is 0.391. The Labute approximate surface area is 187 Å². The van der Waals surface area contributed by atoms with Crippen molar-refractivity contribution in [2.75, 3.05) is 17.7 Å². The first-order valence-electron chi connectivity index (χ1n) is 10.6. The Morgan fingerprint density at radius 1 is 1.16 bits per heavy atom. The number of hydrogen-bond acceptors (Lipinski definition) is 5. The number of hydrogen-bond donors (Lipinski definition) is 0. The minimum atomic E-state index is -3.48. The molecular formula is C23H27N3O3S2. The standard InChI is InChI=1S/C23H27N3O3S2/c1-3-18-12-9-14-20-21(18)24-23(30-20)25(16-17-10-5-4-6-11-17)22(27)19-13-7-8-15-26(19)31(2,28)29/h4-6,9-12,14,19H,3,7-8,13,15-16H2,1-2H3. The Hall–Kier alpha value is -2.29. The lowest BCUT2D eigenvalue weighted by Crippen LogP contribution is -2.52. The van der Waals surface area contributed by atoms with Crippen LogP contribution in [-0.2, 0) is 27.8 Å². The molecule has 0 aliphatic carbocycles. The maximum Gasteiger partial charge on any atom is 0.247 e. The zero-order valence-corrected chi connectivity index (χ0v) is 19.5. The van der Waals surface area contributed by atoms with Gasteiger partial charge in [-0.15, -0.1) is 0 Å². The summed E-state index contributed by atoms with van der Waals surface area (Å²) in [6.07, 6.45) is 4.18. The zero-order chi connectivity index (χ0) is 22.0. The molecule has 0 saturated carbocycles. The van der Waals surface area contributed by atoms with Crippen molar-refractivity contribution >= 4 is 42.6 Å². The predicted molar refractivity (Wildman–Crippen MR) is 126 cm³/mol. The quantitative estimate of drug-likeness (QED) is 0.556. The third kappa shape index (κ3) is 4.66. The maximum atomic E-state index is 13.8. The Bertz CT molecular complexity index is 1180. The van der Waals surface area contributed by atoms with Gasteiger partial charge in [-0.05, 0) is 36.5 Å². The molecule has 1 aliphatic rings. The summed E-state index contributed by atoms with van der Waals surface area (Å²) in [7, 11) is -3.48. The molecule has 6 nitrogen and oxygen atoms in total. The molecular weight excluding hydrogens is 430 g/mol. The lowest BCUT2D eigenvalue weighted by Gasteiger charge is -2.35. The normalized spacial score (nSPS) is 17.7. The molecule has 0 radical (unpaired) electrons. The van der Waals surface area contributed by atoms with Crippen LogP contribution in [0.25, 0.3) is 10.2 Å². The van der Waals surface area contributed by atoms with E-state index in [-0.39, 0.29) is 5.91 Å². The summed E-state index contributed by atoms with van der Waals surface area (Å²) in [5, 5.41) is 0.615. The Morgan fingerprint density at radius 2 is 1.94 bits per heavy atom. The van der Waals surface area contributed by atoms with Crippen LogP contribution in [0.4, 0.5) is 5.13 Å². The first kappa shape index (κ1) is 21.9. The molecule has 1 aliphatic heterocycles. The minimum Gasteiger partial charge on any atom is -0.282 e. The van der Waals surface area contributed by atoms with Crippen molar-refractivity contribution in [2.45, 2.75) is 45.2 Å². The van der Waals surface area contributed by atoms with E-state index in [9.17, 15) is 13.2 Å². The third-order valence-corrected chi connectivity index (χ3v) is 8.05. The number of carbonyl (C=O) groups is 1. The average Bonchev–Trinajstić information content (AvgIpc) is 3.21. The molecule has 8 heteroatoms. The van der Waals surface area contributed by atoms with Crippen LogP contribution in [0.5, 0.6) is 0 Å². The lowest BCUT2D eigenvalue weighted by molar-refractivity contribution is -0.123. The molecule has 3 aromatic rings. The molecule has 2 heterocycles. The smallest absolute Gasteiger partial charge is 0.247 e. The maximum absolute atomic E-state index is 13.8. The van der Waals surface area contributed by atoms with E-state index in [1.165, 1.54) is 21.9 Å². The van der Waals surface area contributed by atoms with E-state index >= 15 is 0 Å². The van der Waals surface area contributed by atoms with Gasteiger partial charge in [0.05, 0.1) is 23.0 Å². The van der Waals surface area contributed by atoms with Crippen LogP contribution in [0.3, 0.4) is 0 Å². The summed E-state index contributed by atoms with van der Waals surface area (Å²) in [6, 6.07) is 15.2. The van der Waals surface area contributed by atoms with Crippen molar-refractivity contribution in [1.82, 2.24) is 9.29 Å². The van der Waals surface area contributed by atoms with Crippen LogP contribution >= 0.6 is 11.3 Å². The average molecular weight is 458 g/mol. The predicted octanol–water partition coefficient (Wildman–Crippen LogP) is 4.21. The number of piperidine rings is 1. The molecule has 0 N–H and O–H groups in total. The second-order valence-corrected chi connectivity index (χ2v) is 10.9. The number of para-hydroxylation sites is 1. The molecule has 4 rings (SSSR count).